The van der Waals surface area contributed by atoms with Crippen molar-refractivity contribution in [1.29, 1.82) is 0 Å². The number of nitrogens with zero attached hydrogens (tertiary/aromatic N) is 5. The van der Waals surface area contributed by atoms with E-state index >= 15 is 0 Å². The Morgan fingerprint density at radius 1 is 1.33 bits per heavy atom. The number of nitrogens with one attached hydrogen (secondary N) is 2. The number of aromatic nitrogens is 4. The van der Waals surface area contributed by atoms with E-state index in [1.165, 1.54) is 6.33 Å². The molecule has 1 saturated heterocycles. The fourth-order valence-electron chi connectivity index (χ4n) is 3.08. The molecule has 0 aromatic carbocycles. The van der Waals surface area contributed by atoms with Gasteiger partial charge in [0.05, 0.1) is 12.8 Å². The van der Waals surface area contributed by atoms with Gasteiger partial charge in [0.1, 0.15) is 12.1 Å². The van der Waals surface area contributed by atoms with E-state index in [9.17, 15) is 4.79 Å². The van der Waals surface area contributed by atoms with Gasteiger partial charge in [0.25, 0.3) is 0 Å². The normalized spacial score (nSPS) is 14.9. The summed E-state index contributed by atoms with van der Waals surface area (Å²) in [7, 11) is 1.90. The molecule has 3 heterocycles. The van der Waals surface area contributed by atoms with Crippen molar-refractivity contribution in [2.45, 2.75) is 39.3 Å². The summed E-state index contributed by atoms with van der Waals surface area (Å²) in [6.45, 7) is 6.40. The van der Waals surface area contributed by atoms with Crippen molar-refractivity contribution in [3.63, 3.8) is 0 Å². The number of aryl methyl sites for hydroxylation is 1. The van der Waals surface area contributed by atoms with Gasteiger partial charge in [0, 0.05) is 50.0 Å². The van der Waals surface area contributed by atoms with Gasteiger partial charge >= 0.3 is 6.03 Å². The minimum Gasteiger partial charge on any atom is -0.478 e. The minimum atomic E-state index is -0.0302. The Labute approximate surface area is 159 Å². The molecule has 1 aliphatic heterocycles. The summed E-state index contributed by atoms with van der Waals surface area (Å²) < 4.78 is 7.21. The smallest absolute Gasteiger partial charge is 0.317 e. The molecule has 2 amide bonds. The number of amides is 2. The van der Waals surface area contributed by atoms with Crippen LogP contribution in [0.5, 0.6) is 5.88 Å². The number of carbonyl (C=O) groups excluding carboxylic acids is 1. The zero-order valence-corrected chi connectivity index (χ0v) is 16.1. The summed E-state index contributed by atoms with van der Waals surface area (Å²) in [6.07, 6.45) is 5.03. The molecule has 2 aromatic heterocycles. The first-order valence-corrected chi connectivity index (χ1v) is 9.28. The van der Waals surface area contributed by atoms with Gasteiger partial charge < -0.3 is 20.3 Å². The van der Waals surface area contributed by atoms with Crippen LogP contribution in [0.15, 0.2) is 18.6 Å². The quantitative estimate of drug-likeness (QED) is 0.800. The summed E-state index contributed by atoms with van der Waals surface area (Å²) in [6, 6.07) is 2.05. The van der Waals surface area contributed by atoms with Gasteiger partial charge in [0.15, 0.2) is 0 Å². The van der Waals surface area contributed by atoms with Gasteiger partial charge in [-0.3, -0.25) is 4.68 Å². The number of carbonyl (C=O) groups is 1. The molecule has 2 aromatic rings. The van der Waals surface area contributed by atoms with Crippen molar-refractivity contribution in [3.05, 3.63) is 29.8 Å². The van der Waals surface area contributed by atoms with Crippen LogP contribution in [0, 0.1) is 6.92 Å². The zero-order chi connectivity index (χ0) is 19.2. The first-order chi connectivity index (χ1) is 13.1. The van der Waals surface area contributed by atoms with Crippen molar-refractivity contribution in [2.75, 3.05) is 25.0 Å². The van der Waals surface area contributed by atoms with Gasteiger partial charge in [-0.1, -0.05) is 0 Å². The summed E-state index contributed by atoms with van der Waals surface area (Å²) >= 11 is 0. The summed E-state index contributed by atoms with van der Waals surface area (Å²) in [5.74, 6) is 1.32. The number of hydrogen-bond donors (Lipinski definition) is 2. The van der Waals surface area contributed by atoms with Crippen LogP contribution in [0.1, 0.15) is 31.0 Å². The van der Waals surface area contributed by atoms with Crippen molar-refractivity contribution >= 4 is 11.8 Å². The highest BCUT2D eigenvalue weighted by molar-refractivity contribution is 5.74. The van der Waals surface area contributed by atoms with Gasteiger partial charge in [-0.25, -0.2) is 14.8 Å². The predicted molar refractivity (Wildman–Crippen MR) is 102 cm³/mol. The molecule has 0 spiro atoms. The molecule has 1 fully saturated rings. The molecule has 9 heteroatoms. The number of hydrogen-bond acceptors (Lipinski definition) is 6. The Bertz CT molecular complexity index is 769. The second-order valence-electron chi connectivity index (χ2n) is 6.62. The second kappa shape index (κ2) is 8.70. The molecule has 27 heavy (non-hydrogen) atoms. The molecule has 0 unspecified atom stereocenters. The van der Waals surface area contributed by atoms with E-state index in [4.69, 9.17) is 4.74 Å². The lowest BCUT2D eigenvalue weighted by molar-refractivity contribution is 0.183. The monoisotopic (exact) mass is 373 g/mol. The second-order valence-corrected chi connectivity index (χ2v) is 6.62. The lowest BCUT2D eigenvalue weighted by atomic mass is 10.1. The third-order valence-corrected chi connectivity index (χ3v) is 4.84. The molecule has 146 valence electrons. The number of anilines is 1. The van der Waals surface area contributed by atoms with Gasteiger partial charge in [-0.05, 0) is 26.7 Å². The molecule has 0 atom stereocenters. The van der Waals surface area contributed by atoms with Crippen LogP contribution in [0.3, 0.4) is 0 Å². The molecule has 0 saturated carbocycles. The van der Waals surface area contributed by atoms with Crippen LogP contribution in [-0.2, 0) is 13.6 Å². The third-order valence-electron chi connectivity index (χ3n) is 4.84. The van der Waals surface area contributed by atoms with Crippen molar-refractivity contribution < 1.29 is 9.53 Å². The van der Waals surface area contributed by atoms with Crippen LogP contribution in [-0.4, -0.2) is 56.4 Å². The predicted octanol–water partition coefficient (Wildman–Crippen LogP) is 1.70. The van der Waals surface area contributed by atoms with E-state index in [0.717, 1.165) is 29.9 Å². The number of urea groups is 1. The first-order valence-electron chi connectivity index (χ1n) is 9.28. The average molecular weight is 373 g/mol. The van der Waals surface area contributed by atoms with Crippen LogP contribution in [0.25, 0.3) is 0 Å². The Balaban J connectivity index is 1.45. The van der Waals surface area contributed by atoms with Crippen LogP contribution < -0.4 is 15.4 Å². The summed E-state index contributed by atoms with van der Waals surface area (Å²) in [4.78, 5) is 22.6. The highest BCUT2D eigenvalue weighted by Gasteiger charge is 2.23. The zero-order valence-electron chi connectivity index (χ0n) is 16.1. The number of rotatable bonds is 6. The molecule has 3 rings (SSSR count). The van der Waals surface area contributed by atoms with E-state index in [1.807, 2.05) is 30.5 Å². The molecule has 0 aliphatic carbocycles. The Morgan fingerprint density at radius 3 is 2.78 bits per heavy atom. The van der Waals surface area contributed by atoms with E-state index in [0.29, 0.717) is 32.1 Å². The largest absolute Gasteiger partial charge is 0.478 e. The van der Waals surface area contributed by atoms with E-state index in [1.54, 1.807) is 12.3 Å². The molecule has 0 radical (unpaired) electrons. The lowest BCUT2D eigenvalue weighted by Gasteiger charge is -2.32. The van der Waals surface area contributed by atoms with Gasteiger partial charge in [-0.15, -0.1) is 0 Å². The highest BCUT2D eigenvalue weighted by Crippen LogP contribution is 2.17. The Kier molecular flexibility index (Phi) is 6.10. The molecule has 9 nitrogen and oxygen atoms in total. The summed E-state index contributed by atoms with van der Waals surface area (Å²) in [5, 5.41) is 10.6. The fourth-order valence-corrected chi connectivity index (χ4v) is 3.08. The SMILES string of the molecule is CCOc1cc(NC2CCN(C(=O)NCc3cnn(C)c3C)CC2)ncn1. The van der Waals surface area contributed by atoms with Crippen molar-refractivity contribution in [1.82, 2.24) is 30.0 Å². The van der Waals surface area contributed by atoms with Gasteiger partial charge in [0.2, 0.25) is 5.88 Å². The maximum Gasteiger partial charge on any atom is 0.317 e. The molecule has 2 N–H and O–H groups in total. The first kappa shape index (κ1) is 18.9. The molecule has 0 bridgehead atoms. The third kappa shape index (κ3) is 4.87. The van der Waals surface area contributed by atoms with Crippen molar-refractivity contribution in [2.24, 2.45) is 7.05 Å². The van der Waals surface area contributed by atoms with E-state index < -0.39 is 0 Å². The van der Waals surface area contributed by atoms with E-state index in [2.05, 4.69) is 25.7 Å². The average Bonchev–Trinajstić information content (AvgIpc) is 2.99. The molecular weight excluding hydrogens is 346 g/mol. The number of ether oxygens (including phenoxy) is 1. The highest BCUT2D eigenvalue weighted by atomic mass is 16.5. The maximum absolute atomic E-state index is 12.4. The van der Waals surface area contributed by atoms with Crippen LogP contribution >= 0.6 is 0 Å². The minimum absolute atomic E-state index is 0.0302. The number of piperidine rings is 1. The Hall–Kier alpha value is -2.84. The topological polar surface area (TPSA) is 97.2 Å². The van der Waals surface area contributed by atoms with Gasteiger partial charge in [-0.2, -0.15) is 5.10 Å². The Morgan fingerprint density at radius 2 is 2.11 bits per heavy atom. The summed E-state index contributed by atoms with van der Waals surface area (Å²) in [5.41, 5.74) is 2.10. The standard InChI is InChI=1S/C18H27N7O2/c1-4-27-17-9-16(20-12-21-17)23-15-5-7-25(8-6-15)18(26)19-10-14-11-22-24(3)13(14)2/h9,11-12,15H,4-8,10H2,1-3H3,(H,19,26)(H,20,21,23). The van der Waals surface area contributed by atoms with E-state index in [-0.39, 0.29) is 12.1 Å². The molecular formula is C18H27N7O2. The fraction of sp³-hybridized carbons (Fsp3) is 0.556. The lowest BCUT2D eigenvalue weighted by Crippen LogP contribution is -2.46. The van der Waals surface area contributed by atoms with Crippen molar-refractivity contribution in [3.8, 4) is 5.88 Å². The number of likely N-dealkylation sites (tertiary alicyclic amines) is 1. The molecule has 1 aliphatic rings. The van der Waals surface area contributed by atoms with Crippen LogP contribution in [0.2, 0.25) is 0 Å². The maximum atomic E-state index is 12.4. The van der Waals surface area contributed by atoms with Crippen LogP contribution in [0.4, 0.5) is 10.6 Å².